The van der Waals surface area contributed by atoms with Crippen LogP contribution in [0.4, 0.5) is 0 Å². The van der Waals surface area contributed by atoms with E-state index in [1.807, 2.05) is 31.5 Å². The van der Waals surface area contributed by atoms with E-state index in [2.05, 4.69) is 152 Å². The standard InChI is InChI=1S/C51H44N3OP/c1-56(2,55)45-30-26-37(27-31-45)41-19-12-21-44(35-41)51(32-9-4-10-33-51)43-28-24-39(25-29-43)48-52-49(42-20-11-18-40(34-42)36-14-5-3-6-15-36)54-50(53-48)47-23-13-17-38-16-7-8-22-46(38)47/h3,5-8,11-31,34-35H,4,9-10,32-33H2,1-2H3. The first-order chi connectivity index (χ1) is 27.3. The zero-order chi connectivity index (χ0) is 38.1. The van der Waals surface area contributed by atoms with Gasteiger partial charge in [0.2, 0.25) is 0 Å². The molecule has 0 N–H and O–H groups in total. The van der Waals surface area contributed by atoms with Gasteiger partial charge >= 0.3 is 0 Å². The minimum atomic E-state index is -2.31. The smallest absolute Gasteiger partial charge is 0.164 e. The van der Waals surface area contributed by atoms with Gasteiger partial charge in [-0.3, -0.25) is 0 Å². The van der Waals surface area contributed by atoms with Gasteiger partial charge in [-0.05, 0) is 76.4 Å². The molecule has 1 fully saturated rings. The Hall–Kier alpha value is -5.96. The number of benzene rings is 7. The zero-order valence-corrected chi connectivity index (χ0v) is 32.8. The van der Waals surface area contributed by atoms with Gasteiger partial charge in [-0.1, -0.05) is 183 Å². The summed E-state index contributed by atoms with van der Waals surface area (Å²) in [5, 5.41) is 3.17. The molecule has 7 aromatic carbocycles. The van der Waals surface area contributed by atoms with Gasteiger partial charge < -0.3 is 4.57 Å². The van der Waals surface area contributed by atoms with E-state index in [0.29, 0.717) is 17.5 Å². The van der Waals surface area contributed by atoms with Gasteiger partial charge in [0.25, 0.3) is 0 Å². The Kier molecular flexibility index (Phi) is 9.53. The summed E-state index contributed by atoms with van der Waals surface area (Å²) in [5.74, 6) is 1.96. The third-order valence-electron chi connectivity index (χ3n) is 11.5. The van der Waals surface area contributed by atoms with Gasteiger partial charge in [-0.15, -0.1) is 0 Å². The molecule has 1 aromatic heterocycles. The van der Waals surface area contributed by atoms with Gasteiger partial charge in [-0.25, -0.2) is 15.0 Å². The molecule has 0 unspecified atom stereocenters. The highest BCUT2D eigenvalue weighted by Crippen LogP contribution is 2.46. The van der Waals surface area contributed by atoms with Crippen molar-refractivity contribution in [3.63, 3.8) is 0 Å². The summed E-state index contributed by atoms with van der Waals surface area (Å²) < 4.78 is 12.7. The van der Waals surface area contributed by atoms with Gasteiger partial charge in [0.05, 0.1) is 0 Å². The van der Waals surface area contributed by atoms with Crippen LogP contribution < -0.4 is 5.30 Å². The molecule has 8 aromatic rings. The summed E-state index contributed by atoms with van der Waals surface area (Å²) in [6.07, 6.45) is 5.84. The predicted molar refractivity (Wildman–Crippen MR) is 234 cm³/mol. The Bertz CT molecular complexity index is 2710. The van der Waals surface area contributed by atoms with Crippen molar-refractivity contribution >= 4 is 23.2 Å². The van der Waals surface area contributed by atoms with E-state index in [9.17, 15) is 4.57 Å². The summed E-state index contributed by atoms with van der Waals surface area (Å²) in [4.78, 5) is 15.5. The van der Waals surface area contributed by atoms with Crippen molar-refractivity contribution in [2.24, 2.45) is 0 Å². The van der Waals surface area contributed by atoms with Crippen LogP contribution in [-0.2, 0) is 9.98 Å². The number of hydrogen-bond donors (Lipinski definition) is 0. The Morgan fingerprint density at radius 1 is 0.446 bits per heavy atom. The molecule has 0 aliphatic heterocycles. The molecule has 9 rings (SSSR count). The lowest BCUT2D eigenvalue weighted by molar-refractivity contribution is 0.346. The van der Waals surface area contributed by atoms with Crippen LogP contribution >= 0.6 is 7.14 Å². The molecule has 0 spiro atoms. The first-order valence-corrected chi connectivity index (χ1v) is 22.2. The maximum Gasteiger partial charge on any atom is 0.164 e. The topological polar surface area (TPSA) is 55.7 Å². The fraction of sp³-hybridized carbons (Fsp3) is 0.157. The first-order valence-electron chi connectivity index (χ1n) is 19.6. The Balaban J connectivity index is 1.12. The first kappa shape index (κ1) is 35.7. The largest absolute Gasteiger partial charge is 0.319 e. The second-order valence-corrected chi connectivity index (χ2v) is 18.7. The third-order valence-corrected chi connectivity index (χ3v) is 13.1. The number of fused-ring (bicyclic) bond motifs is 1. The quantitative estimate of drug-likeness (QED) is 0.145. The summed E-state index contributed by atoms with van der Waals surface area (Å²) in [6.45, 7) is 3.66. The van der Waals surface area contributed by atoms with Crippen LogP contribution in [0, 0.1) is 0 Å². The van der Waals surface area contributed by atoms with Gasteiger partial charge in [0.1, 0.15) is 7.14 Å². The van der Waals surface area contributed by atoms with Crippen molar-refractivity contribution in [1.82, 2.24) is 15.0 Å². The van der Waals surface area contributed by atoms with E-state index in [4.69, 9.17) is 15.0 Å². The lowest BCUT2D eigenvalue weighted by atomic mass is 9.65. The maximum atomic E-state index is 12.7. The van der Waals surface area contributed by atoms with E-state index in [-0.39, 0.29) is 5.41 Å². The second kappa shape index (κ2) is 14.9. The molecule has 4 nitrogen and oxygen atoms in total. The molecule has 56 heavy (non-hydrogen) atoms. The number of hydrogen-bond acceptors (Lipinski definition) is 4. The molecular formula is C51H44N3OP. The Labute approximate surface area is 329 Å². The molecule has 0 amide bonds. The molecule has 1 saturated carbocycles. The highest BCUT2D eigenvalue weighted by molar-refractivity contribution is 7.70. The molecule has 274 valence electrons. The zero-order valence-electron chi connectivity index (χ0n) is 31.9. The fourth-order valence-electron chi connectivity index (χ4n) is 8.49. The average molecular weight is 746 g/mol. The lowest BCUT2D eigenvalue weighted by Gasteiger charge is -2.39. The van der Waals surface area contributed by atoms with Crippen molar-refractivity contribution in [2.75, 3.05) is 13.3 Å². The van der Waals surface area contributed by atoms with Gasteiger partial charge in [-0.2, -0.15) is 0 Å². The van der Waals surface area contributed by atoms with Crippen molar-refractivity contribution in [1.29, 1.82) is 0 Å². The summed E-state index contributed by atoms with van der Waals surface area (Å²) in [6, 6.07) is 60.0. The molecular weight excluding hydrogens is 702 g/mol. The number of rotatable bonds is 8. The van der Waals surface area contributed by atoms with Crippen molar-refractivity contribution in [2.45, 2.75) is 37.5 Å². The number of aromatic nitrogens is 3. The summed E-state index contributed by atoms with van der Waals surface area (Å²) >= 11 is 0. The normalized spacial score (nSPS) is 14.1. The van der Waals surface area contributed by atoms with Crippen LogP contribution in [0.25, 0.3) is 67.2 Å². The highest BCUT2D eigenvalue weighted by Gasteiger charge is 2.36. The molecule has 1 heterocycles. The molecule has 0 radical (unpaired) electrons. The van der Waals surface area contributed by atoms with Crippen LogP contribution in [0.15, 0.2) is 170 Å². The van der Waals surface area contributed by atoms with Crippen molar-refractivity contribution < 1.29 is 4.57 Å². The molecule has 0 atom stereocenters. The van der Waals surface area contributed by atoms with Gasteiger partial charge in [0, 0.05) is 27.4 Å². The Morgan fingerprint density at radius 3 is 1.75 bits per heavy atom. The van der Waals surface area contributed by atoms with Crippen LogP contribution in [0.2, 0.25) is 0 Å². The van der Waals surface area contributed by atoms with Crippen LogP contribution in [0.1, 0.15) is 43.2 Å². The predicted octanol–water partition coefficient (Wildman–Crippen LogP) is 12.9. The third kappa shape index (κ3) is 7.02. The van der Waals surface area contributed by atoms with Crippen molar-refractivity contribution in [3.05, 3.63) is 181 Å². The highest BCUT2D eigenvalue weighted by atomic mass is 31.2. The second-order valence-electron chi connectivity index (χ2n) is 15.5. The molecule has 0 saturated heterocycles. The van der Waals surface area contributed by atoms with E-state index in [0.717, 1.165) is 62.3 Å². The summed E-state index contributed by atoms with van der Waals surface area (Å²) in [7, 11) is -2.31. The van der Waals surface area contributed by atoms with Crippen LogP contribution in [0.3, 0.4) is 0 Å². The summed E-state index contributed by atoms with van der Waals surface area (Å²) in [5.41, 5.74) is 10.1. The van der Waals surface area contributed by atoms with E-state index >= 15 is 0 Å². The van der Waals surface area contributed by atoms with Crippen LogP contribution in [0.5, 0.6) is 0 Å². The monoisotopic (exact) mass is 745 g/mol. The number of nitrogens with zero attached hydrogens (tertiary/aromatic N) is 3. The van der Waals surface area contributed by atoms with E-state index < -0.39 is 7.14 Å². The fourth-order valence-corrected chi connectivity index (χ4v) is 9.36. The molecule has 0 bridgehead atoms. The van der Waals surface area contributed by atoms with Gasteiger partial charge in [0.15, 0.2) is 17.5 Å². The van der Waals surface area contributed by atoms with Crippen LogP contribution in [-0.4, -0.2) is 28.3 Å². The SMILES string of the molecule is CP(C)(=O)c1ccc(-c2cccc(C3(c4ccc(-c5nc(-c6cccc(-c7ccccc7)c6)nc(-c6cccc7ccccc67)n5)cc4)CCCCC3)c2)cc1. The maximum absolute atomic E-state index is 12.7. The molecule has 5 heteroatoms. The Morgan fingerprint density at radius 2 is 1.00 bits per heavy atom. The minimum absolute atomic E-state index is 0.0917. The average Bonchev–Trinajstić information content (AvgIpc) is 3.26. The van der Waals surface area contributed by atoms with E-state index in [1.165, 1.54) is 36.0 Å². The van der Waals surface area contributed by atoms with Crippen molar-refractivity contribution in [3.8, 4) is 56.4 Å². The van der Waals surface area contributed by atoms with E-state index in [1.54, 1.807) is 0 Å². The lowest BCUT2D eigenvalue weighted by Crippen LogP contribution is -2.30. The minimum Gasteiger partial charge on any atom is -0.319 e. The molecule has 1 aliphatic rings. The molecule has 1 aliphatic carbocycles.